The Hall–Kier alpha value is -2.12. The van der Waals surface area contributed by atoms with Gasteiger partial charge in [0.15, 0.2) is 5.76 Å². The Labute approximate surface area is 131 Å². The highest BCUT2D eigenvalue weighted by Gasteiger charge is 2.27. The monoisotopic (exact) mass is 320 g/mol. The average molecular weight is 320 g/mol. The lowest BCUT2D eigenvalue weighted by atomic mass is 10.0. The quantitative estimate of drug-likeness (QED) is 0.825. The van der Waals surface area contributed by atoms with Crippen LogP contribution in [0, 0.1) is 0 Å². The van der Waals surface area contributed by atoms with Gasteiger partial charge >= 0.3 is 0 Å². The van der Waals surface area contributed by atoms with Gasteiger partial charge in [0.25, 0.3) is 5.91 Å². The second-order valence-corrected chi connectivity index (χ2v) is 6.31. The van der Waals surface area contributed by atoms with Gasteiger partial charge in [0.05, 0.1) is 30.2 Å². The number of quaternary nitrogens is 1. The standard InChI is InChI=1S/C15H16N2O4S/c1-2-17-6-5-9-11(8-17)22-14(12(9)15(19)20)16-13(18)10-4-3-7-21-10/h3-4,7H,2,5-6,8H2,1H3,(H,16,18)(H,19,20). The van der Waals surface area contributed by atoms with Crippen LogP contribution in [0.2, 0.25) is 0 Å². The number of amides is 1. The molecule has 0 aliphatic carbocycles. The van der Waals surface area contributed by atoms with Crippen molar-refractivity contribution in [2.75, 3.05) is 18.4 Å². The lowest BCUT2D eigenvalue weighted by Gasteiger charge is -2.23. The highest BCUT2D eigenvalue weighted by molar-refractivity contribution is 7.17. The first-order valence-corrected chi connectivity index (χ1v) is 7.96. The molecule has 1 atom stereocenters. The molecule has 3 heterocycles. The maximum absolute atomic E-state index is 12.1. The zero-order valence-corrected chi connectivity index (χ0v) is 12.9. The van der Waals surface area contributed by atoms with E-state index in [-0.39, 0.29) is 11.3 Å². The number of nitrogens with one attached hydrogen (secondary N) is 2. The Balaban J connectivity index is 1.92. The fourth-order valence-electron chi connectivity index (χ4n) is 2.71. The summed E-state index contributed by atoms with van der Waals surface area (Å²) in [5, 5.41) is 14.5. The number of hydrogen-bond donors (Lipinski definition) is 2. The number of fused-ring (bicyclic) bond motifs is 1. The topological polar surface area (TPSA) is 86.8 Å². The maximum Gasteiger partial charge on any atom is 0.291 e. The molecule has 1 aliphatic heterocycles. The summed E-state index contributed by atoms with van der Waals surface area (Å²) in [6, 6.07) is 3.14. The Kier molecular flexibility index (Phi) is 4.00. The van der Waals surface area contributed by atoms with Crippen molar-refractivity contribution in [2.24, 2.45) is 0 Å². The number of furan rings is 1. The molecule has 0 spiro atoms. The van der Waals surface area contributed by atoms with E-state index in [0.29, 0.717) is 11.4 Å². The Morgan fingerprint density at radius 1 is 1.50 bits per heavy atom. The first-order chi connectivity index (χ1) is 10.6. The number of likely N-dealkylation sites (N-methyl/N-ethyl adjacent to an activating group) is 1. The molecule has 6 nitrogen and oxygen atoms in total. The van der Waals surface area contributed by atoms with Gasteiger partial charge in [0.1, 0.15) is 11.5 Å². The number of anilines is 1. The van der Waals surface area contributed by atoms with Gasteiger partial charge in [-0.05, 0) is 24.6 Å². The number of carbonyl (C=O) groups excluding carboxylic acids is 2. The zero-order valence-electron chi connectivity index (χ0n) is 12.1. The van der Waals surface area contributed by atoms with Crippen LogP contribution in [0.4, 0.5) is 5.00 Å². The van der Waals surface area contributed by atoms with E-state index in [4.69, 9.17) is 4.42 Å². The summed E-state index contributed by atoms with van der Waals surface area (Å²) >= 11 is 1.32. The van der Waals surface area contributed by atoms with Gasteiger partial charge in [-0.2, -0.15) is 0 Å². The van der Waals surface area contributed by atoms with E-state index in [1.807, 2.05) is 0 Å². The molecule has 0 saturated carbocycles. The molecule has 1 amide bonds. The molecule has 0 fully saturated rings. The molecular formula is C15H16N2O4S. The van der Waals surface area contributed by atoms with Gasteiger partial charge in [-0.15, -0.1) is 11.3 Å². The molecule has 0 bridgehead atoms. The van der Waals surface area contributed by atoms with Crippen molar-refractivity contribution in [1.29, 1.82) is 0 Å². The highest BCUT2D eigenvalue weighted by atomic mass is 32.1. The minimum absolute atomic E-state index is 0.120. The second kappa shape index (κ2) is 5.94. The predicted molar refractivity (Wildman–Crippen MR) is 79.1 cm³/mol. The summed E-state index contributed by atoms with van der Waals surface area (Å²) in [4.78, 5) is 26.0. The summed E-state index contributed by atoms with van der Waals surface area (Å²) in [5.74, 6) is -1.55. The van der Waals surface area contributed by atoms with Crippen LogP contribution in [0.1, 0.15) is 38.3 Å². The van der Waals surface area contributed by atoms with E-state index < -0.39 is 11.9 Å². The molecule has 0 radical (unpaired) electrons. The van der Waals surface area contributed by atoms with Gasteiger partial charge in [-0.3, -0.25) is 4.79 Å². The lowest BCUT2D eigenvalue weighted by Crippen LogP contribution is -3.11. The third-order valence-electron chi connectivity index (χ3n) is 3.91. The third kappa shape index (κ3) is 2.65. The first-order valence-electron chi connectivity index (χ1n) is 7.14. The van der Waals surface area contributed by atoms with Gasteiger partial charge in [-0.1, -0.05) is 0 Å². The van der Waals surface area contributed by atoms with Crippen molar-refractivity contribution < 1.29 is 24.0 Å². The van der Waals surface area contributed by atoms with E-state index in [1.54, 1.807) is 6.07 Å². The molecule has 0 saturated heterocycles. The summed E-state index contributed by atoms with van der Waals surface area (Å²) < 4.78 is 5.03. The average Bonchev–Trinajstić information content (AvgIpc) is 3.13. The number of rotatable bonds is 4. The maximum atomic E-state index is 12.1. The molecule has 3 rings (SSSR count). The van der Waals surface area contributed by atoms with Crippen LogP contribution in [0.5, 0.6) is 0 Å². The van der Waals surface area contributed by atoms with Crippen LogP contribution in [0.3, 0.4) is 0 Å². The number of hydrogen-bond acceptors (Lipinski definition) is 5. The smallest absolute Gasteiger partial charge is 0.291 e. The van der Waals surface area contributed by atoms with Crippen LogP contribution >= 0.6 is 11.3 Å². The Morgan fingerprint density at radius 3 is 2.95 bits per heavy atom. The van der Waals surface area contributed by atoms with E-state index in [9.17, 15) is 14.7 Å². The van der Waals surface area contributed by atoms with E-state index >= 15 is 0 Å². The predicted octanol–water partition coefficient (Wildman–Crippen LogP) is -0.0822. The van der Waals surface area contributed by atoms with Crippen LogP contribution in [-0.2, 0) is 13.0 Å². The molecule has 1 unspecified atom stereocenters. The number of carboxylic acid groups (broad SMARTS) is 1. The number of aromatic carboxylic acids is 1. The minimum Gasteiger partial charge on any atom is -0.545 e. The molecule has 2 N–H and O–H groups in total. The Bertz CT molecular complexity index is 705. The normalized spacial score (nSPS) is 17.0. The minimum atomic E-state index is -1.24. The second-order valence-electron chi connectivity index (χ2n) is 5.21. The van der Waals surface area contributed by atoms with Crippen LogP contribution in [0.15, 0.2) is 22.8 Å². The summed E-state index contributed by atoms with van der Waals surface area (Å²) in [6.45, 7) is 4.78. The number of carbonyl (C=O) groups is 2. The molecule has 22 heavy (non-hydrogen) atoms. The first kappa shape index (κ1) is 14.8. The number of thiophene rings is 1. The molecule has 1 aliphatic rings. The van der Waals surface area contributed by atoms with Crippen molar-refractivity contribution in [3.05, 3.63) is 40.2 Å². The lowest BCUT2D eigenvalue weighted by molar-refractivity contribution is -0.913. The van der Waals surface area contributed by atoms with Gasteiger partial charge in [0, 0.05) is 12.0 Å². The summed E-state index contributed by atoms with van der Waals surface area (Å²) in [6.07, 6.45) is 2.09. The van der Waals surface area contributed by atoms with E-state index in [2.05, 4.69) is 12.2 Å². The summed E-state index contributed by atoms with van der Waals surface area (Å²) in [7, 11) is 0. The molecule has 0 aromatic carbocycles. The third-order valence-corrected chi connectivity index (χ3v) is 5.05. The largest absolute Gasteiger partial charge is 0.545 e. The molecular weight excluding hydrogens is 304 g/mol. The van der Waals surface area contributed by atoms with Gasteiger partial charge in [0.2, 0.25) is 0 Å². The van der Waals surface area contributed by atoms with E-state index in [0.717, 1.165) is 30.1 Å². The summed E-state index contributed by atoms with van der Waals surface area (Å²) in [5.41, 5.74) is 0.923. The van der Waals surface area contributed by atoms with Crippen LogP contribution in [0.25, 0.3) is 0 Å². The molecule has 7 heteroatoms. The van der Waals surface area contributed by atoms with Crippen LogP contribution in [-0.4, -0.2) is 25.0 Å². The fraction of sp³-hybridized carbons (Fsp3) is 0.333. The molecule has 2 aromatic rings. The highest BCUT2D eigenvalue weighted by Crippen LogP contribution is 2.34. The number of carboxylic acids is 1. The van der Waals surface area contributed by atoms with Gasteiger partial charge < -0.3 is 24.5 Å². The SMILES string of the molecule is CC[NH+]1CCc2c(sc(NC(=O)c3ccco3)c2C(=O)[O-])C1. The van der Waals surface area contributed by atoms with Gasteiger partial charge in [-0.25, -0.2) is 0 Å². The zero-order chi connectivity index (χ0) is 15.7. The fourth-order valence-corrected chi connectivity index (χ4v) is 4.02. The van der Waals surface area contributed by atoms with E-state index in [1.165, 1.54) is 28.6 Å². The van der Waals surface area contributed by atoms with Crippen LogP contribution < -0.4 is 15.3 Å². The Morgan fingerprint density at radius 2 is 2.32 bits per heavy atom. The molecule has 2 aromatic heterocycles. The van der Waals surface area contributed by atoms with Crippen molar-refractivity contribution in [3.8, 4) is 0 Å². The van der Waals surface area contributed by atoms with Crippen molar-refractivity contribution in [3.63, 3.8) is 0 Å². The van der Waals surface area contributed by atoms with Crippen molar-refractivity contribution >= 4 is 28.2 Å². The van der Waals surface area contributed by atoms with Crippen molar-refractivity contribution in [1.82, 2.24) is 0 Å². The molecule has 116 valence electrons. The van der Waals surface area contributed by atoms with Crippen molar-refractivity contribution in [2.45, 2.75) is 19.9 Å².